The van der Waals surface area contributed by atoms with Crippen molar-refractivity contribution in [2.75, 3.05) is 25.4 Å². The van der Waals surface area contributed by atoms with Crippen molar-refractivity contribution in [3.8, 4) is 0 Å². The quantitative estimate of drug-likeness (QED) is 0.730. The highest BCUT2D eigenvalue weighted by Gasteiger charge is 2.34. The van der Waals surface area contributed by atoms with Crippen LogP contribution in [0.5, 0.6) is 0 Å². The summed E-state index contributed by atoms with van der Waals surface area (Å²) < 4.78 is 0. The van der Waals surface area contributed by atoms with Crippen LogP contribution in [0.15, 0.2) is 0 Å². The van der Waals surface area contributed by atoms with Crippen LogP contribution >= 0.6 is 12.6 Å². The molecule has 1 N–H and O–H groups in total. The Morgan fingerprint density at radius 3 is 2.21 bits per heavy atom. The van der Waals surface area contributed by atoms with Gasteiger partial charge >= 0.3 is 0 Å². The highest BCUT2D eigenvalue weighted by Crippen LogP contribution is 2.39. The van der Waals surface area contributed by atoms with E-state index in [1.54, 1.807) is 0 Å². The van der Waals surface area contributed by atoms with E-state index in [-0.39, 0.29) is 0 Å². The van der Waals surface area contributed by atoms with E-state index in [2.05, 4.69) is 17.5 Å². The molecule has 0 aromatic rings. The number of aliphatic hydroxyl groups is 1. The van der Waals surface area contributed by atoms with Crippen molar-refractivity contribution in [3.05, 3.63) is 0 Å². The maximum absolute atomic E-state index is 9.39. The van der Waals surface area contributed by atoms with E-state index in [4.69, 9.17) is 0 Å². The fourth-order valence-corrected chi connectivity index (χ4v) is 4.48. The zero-order valence-electron chi connectivity index (χ0n) is 12.3. The largest absolute Gasteiger partial charge is 0.395 e. The first-order valence-electron chi connectivity index (χ1n) is 8.25. The van der Waals surface area contributed by atoms with E-state index < -0.39 is 0 Å². The van der Waals surface area contributed by atoms with Gasteiger partial charge in [-0.25, -0.2) is 0 Å². The van der Waals surface area contributed by atoms with Crippen LogP contribution in [0.2, 0.25) is 0 Å². The topological polar surface area (TPSA) is 23.5 Å². The Labute approximate surface area is 124 Å². The molecule has 3 heteroatoms. The Morgan fingerprint density at radius 2 is 1.63 bits per heavy atom. The number of hydrogen-bond acceptors (Lipinski definition) is 3. The molecule has 0 atom stereocenters. The molecular weight excluding hydrogens is 254 g/mol. The molecule has 0 aromatic heterocycles. The third kappa shape index (κ3) is 4.37. The second-order valence-corrected chi connectivity index (χ2v) is 7.02. The van der Waals surface area contributed by atoms with E-state index in [9.17, 15) is 5.11 Å². The van der Waals surface area contributed by atoms with Gasteiger partial charge in [-0.15, -0.1) is 0 Å². The van der Waals surface area contributed by atoms with Gasteiger partial charge in [-0.3, -0.25) is 4.90 Å². The summed E-state index contributed by atoms with van der Waals surface area (Å²) in [4.78, 5) is 2.60. The molecule has 0 bridgehead atoms. The zero-order chi connectivity index (χ0) is 13.6. The fourth-order valence-electron chi connectivity index (χ4n) is 4.06. The average Bonchev–Trinajstić information content (AvgIpc) is 2.49. The van der Waals surface area contributed by atoms with Gasteiger partial charge in [0, 0.05) is 19.1 Å². The summed E-state index contributed by atoms with van der Waals surface area (Å²) in [6.07, 6.45) is 13.7. The van der Waals surface area contributed by atoms with E-state index >= 15 is 0 Å². The first-order valence-corrected chi connectivity index (χ1v) is 8.89. The Bertz CT molecular complexity index is 247. The maximum atomic E-state index is 9.39. The van der Waals surface area contributed by atoms with Crippen LogP contribution in [0.4, 0.5) is 0 Å². The molecule has 2 nitrogen and oxygen atoms in total. The second kappa shape index (κ2) is 7.90. The molecule has 2 rings (SSSR count). The molecule has 0 amide bonds. The highest BCUT2D eigenvalue weighted by atomic mass is 32.1. The Hall–Kier alpha value is 0.270. The molecule has 0 radical (unpaired) electrons. The summed E-state index contributed by atoms with van der Waals surface area (Å²) >= 11 is 4.67. The van der Waals surface area contributed by atoms with Gasteiger partial charge in [0.2, 0.25) is 0 Å². The summed E-state index contributed by atoms with van der Waals surface area (Å²) in [6.45, 7) is 2.33. The van der Waals surface area contributed by atoms with Gasteiger partial charge in [0.05, 0.1) is 6.61 Å². The molecule has 112 valence electrons. The van der Waals surface area contributed by atoms with Crippen molar-refractivity contribution in [3.63, 3.8) is 0 Å². The minimum Gasteiger partial charge on any atom is -0.395 e. The minimum absolute atomic E-state index is 0.305. The summed E-state index contributed by atoms with van der Waals surface area (Å²) in [6, 6.07) is 0.722. The second-order valence-electron chi connectivity index (χ2n) is 6.70. The lowest BCUT2D eigenvalue weighted by atomic mass is 9.74. The van der Waals surface area contributed by atoms with Crippen molar-refractivity contribution in [1.82, 2.24) is 4.90 Å². The molecule has 0 unspecified atom stereocenters. The molecular formula is C16H31NOS. The summed E-state index contributed by atoms with van der Waals surface area (Å²) in [5.41, 5.74) is 0.425. The Kier molecular flexibility index (Phi) is 6.51. The van der Waals surface area contributed by atoms with Crippen molar-refractivity contribution in [2.45, 2.75) is 70.3 Å². The number of hydrogen-bond donors (Lipinski definition) is 2. The standard InChI is InChI=1S/C16H31NOS/c18-12-11-17(15-7-3-1-4-8-15)13-16(14-19)9-5-2-6-10-16/h15,18-19H,1-14H2. The number of thiol groups is 1. The van der Waals surface area contributed by atoms with Crippen molar-refractivity contribution in [2.24, 2.45) is 5.41 Å². The van der Waals surface area contributed by atoms with Crippen molar-refractivity contribution < 1.29 is 5.11 Å². The van der Waals surface area contributed by atoms with Crippen LogP contribution in [0.1, 0.15) is 64.2 Å². The lowest BCUT2D eigenvalue weighted by molar-refractivity contribution is 0.0610. The van der Waals surface area contributed by atoms with Crippen LogP contribution in [0, 0.1) is 5.41 Å². The molecule has 2 saturated carbocycles. The smallest absolute Gasteiger partial charge is 0.0558 e. The van der Waals surface area contributed by atoms with Gasteiger partial charge in [-0.2, -0.15) is 12.6 Å². The van der Waals surface area contributed by atoms with Gasteiger partial charge in [0.25, 0.3) is 0 Å². The summed E-state index contributed by atoms with van der Waals surface area (Å²) in [5, 5.41) is 9.39. The molecule has 0 spiro atoms. The molecule has 0 heterocycles. The zero-order valence-corrected chi connectivity index (χ0v) is 13.2. The third-order valence-electron chi connectivity index (χ3n) is 5.27. The van der Waals surface area contributed by atoms with E-state index in [0.717, 1.165) is 18.3 Å². The van der Waals surface area contributed by atoms with Gasteiger partial charge in [-0.05, 0) is 36.9 Å². The van der Waals surface area contributed by atoms with Crippen LogP contribution in [-0.2, 0) is 0 Å². The molecule has 0 aliphatic heterocycles. The van der Waals surface area contributed by atoms with Crippen LogP contribution < -0.4 is 0 Å². The van der Waals surface area contributed by atoms with E-state index in [1.165, 1.54) is 70.8 Å². The van der Waals surface area contributed by atoms with Crippen molar-refractivity contribution >= 4 is 12.6 Å². The molecule has 19 heavy (non-hydrogen) atoms. The monoisotopic (exact) mass is 285 g/mol. The molecule has 2 fully saturated rings. The van der Waals surface area contributed by atoms with Crippen LogP contribution in [-0.4, -0.2) is 41.5 Å². The maximum Gasteiger partial charge on any atom is 0.0558 e. The SMILES string of the molecule is OCCN(CC1(CS)CCCCC1)C1CCCCC1. The summed E-state index contributed by atoms with van der Waals surface area (Å²) in [7, 11) is 0. The average molecular weight is 285 g/mol. The predicted molar refractivity (Wildman–Crippen MR) is 84.9 cm³/mol. The normalized spacial score (nSPS) is 24.8. The lowest BCUT2D eigenvalue weighted by Gasteiger charge is -2.44. The van der Waals surface area contributed by atoms with E-state index in [1.807, 2.05) is 0 Å². The van der Waals surface area contributed by atoms with Gasteiger partial charge in [0.1, 0.15) is 0 Å². The Morgan fingerprint density at radius 1 is 1.00 bits per heavy atom. The van der Waals surface area contributed by atoms with Crippen molar-refractivity contribution in [1.29, 1.82) is 0 Å². The predicted octanol–water partition coefficient (Wildman–Crippen LogP) is 3.49. The molecule has 0 aromatic carbocycles. The number of nitrogens with zero attached hydrogens (tertiary/aromatic N) is 1. The van der Waals surface area contributed by atoms with Crippen LogP contribution in [0.3, 0.4) is 0 Å². The molecule has 2 aliphatic carbocycles. The van der Waals surface area contributed by atoms with Gasteiger partial charge in [-0.1, -0.05) is 38.5 Å². The number of rotatable bonds is 6. The summed E-state index contributed by atoms with van der Waals surface area (Å²) in [5.74, 6) is 1.02. The Balaban J connectivity index is 1.96. The highest BCUT2D eigenvalue weighted by molar-refractivity contribution is 7.80. The van der Waals surface area contributed by atoms with Gasteiger partial charge < -0.3 is 5.11 Å². The first kappa shape index (κ1) is 15.7. The number of aliphatic hydroxyl groups excluding tert-OH is 1. The fraction of sp³-hybridized carbons (Fsp3) is 1.00. The minimum atomic E-state index is 0.305. The van der Waals surface area contributed by atoms with Gasteiger partial charge in [0.15, 0.2) is 0 Å². The lowest BCUT2D eigenvalue weighted by Crippen LogP contribution is -2.47. The molecule has 2 aliphatic rings. The first-order chi connectivity index (χ1) is 9.29. The van der Waals surface area contributed by atoms with E-state index in [0.29, 0.717) is 12.0 Å². The van der Waals surface area contributed by atoms with Crippen LogP contribution in [0.25, 0.3) is 0 Å². The molecule has 0 saturated heterocycles. The third-order valence-corrected chi connectivity index (χ3v) is 5.94.